The van der Waals surface area contributed by atoms with Gasteiger partial charge in [-0.1, -0.05) is 19.3 Å². The molecule has 0 radical (unpaired) electrons. The van der Waals surface area contributed by atoms with Crippen LogP contribution in [0.3, 0.4) is 0 Å². The molecule has 0 aliphatic heterocycles. The molecule has 3 rings (SSSR count). The van der Waals surface area contributed by atoms with E-state index < -0.39 is 0 Å². The summed E-state index contributed by atoms with van der Waals surface area (Å²) in [6, 6.07) is 4.96. The first-order valence-electron chi connectivity index (χ1n) is 6.62. The second-order valence-electron chi connectivity index (χ2n) is 5.01. The van der Waals surface area contributed by atoms with Gasteiger partial charge in [-0.3, -0.25) is 5.10 Å². The lowest BCUT2D eigenvalue weighted by atomic mass is 9.89. The number of nitrogens with zero attached hydrogens (tertiary/aromatic N) is 2. The average molecular weight is 324 g/mol. The Kier molecular flexibility index (Phi) is 3.64. The van der Waals surface area contributed by atoms with Crippen molar-refractivity contribution in [2.45, 2.75) is 38.0 Å². The zero-order valence-electron chi connectivity index (χ0n) is 10.5. The number of hydrogen-bond acceptors (Lipinski definition) is 2. The van der Waals surface area contributed by atoms with Gasteiger partial charge in [0.2, 0.25) is 0 Å². The highest BCUT2D eigenvalue weighted by atomic mass is 79.9. The van der Waals surface area contributed by atoms with Gasteiger partial charge in [-0.15, -0.1) is 0 Å². The molecule has 1 N–H and O–H groups in total. The Hall–Kier alpha value is -1.23. The van der Waals surface area contributed by atoms with E-state index in [1.165, 1.54) is 38.2 Å². The van der Waals surface area contributed by atoms with E-state index in [0.717, 1.165) is 5.82 Å². The number of hydrogen-bond donors (Lipinski definition) is 1. The van der Waals surface area contributed by atoms with Gasteiger partial charge >= 0.3 is 0 Å². The minimum absolute atomic E-state index is 0.290. The van der Waals surface area contributed by atoms with E-state index in [9.17, 15) is 4.39 Å². The minimum atomic E-state index is -0.290. The number of halogens is 2. The molecule has 3 nitrogen and oxygen atoms in total. The fourth-order valence-corrected chi connectivity index (χ4v) is 2.84. The van der Waals surface area contributed by atoms with Crippen molar-refractivity contribution in [2.75, 3.05) is 0 Å². The molecule has 1 aliphatic carbocycles. The van der Waals surface area contributed by atoms with E-state index in [0.29, 0.717) is 21.8 Å². The highest BCUT2D eigenvalue weighted by molar-refractivity contribution is 9.10. The van der Waals surface area contributed by atoms with Crippen LogP contribution in [-0.2, 0) is 0 Å². The maximum Gasteiger partial charge on any atom is 0.181 e. The molecule has 1 aliphatic rings. The molecule has 1 aromatic carbocycles. The lowest BCUT2D eigenvalue weighted by molar-refractivity contribution is 0.429. The maximum absolute atomic E-state index is 13.5. The predicted octanol–water partition coefficient (Wildman–Crippen LogP) is 4.42. The van der Waals surface area contributed by atoms with Crippen molar-refractivity contribution in [3.8, 4) is 11.4 Å². The summed E-state index contributed by atoms with van der Waals surface area (Å²) in [5.74, 6) is 1.71. The van der Waals surface area contributed by atoms with Gasteiger partial charge in [0.05, 0.1) is 4.47 Å². The number of H-pyrrole nitrogens is 1. The van der Waals surface area contributed by atoms with Crippen LogP contribution in [0.25, 0.3) is 11.4 Å². The average Bonchev–Trinajstić information content (AvgIpc) is 2.93. The second-order valence-corrected chi connectivity index (χ2v) is 5.86. The topological polar surface area (TPSA) is 41.6 Å². The Labute approximate surface area is 119 Å². The molecule has 1 fully saturated rings. The molecule has 0 unspecified atom stereocenters. The molecule has 2 aromatic rings. The number of aromatic nitrogens is 3. The summed E-state index contributed by atoms with van der Waals surface area (Å²) in [6.45, 7) is 0. The number of nitrogens with one attached hydrogen (secondary N) is 1. The molecule has 0 spiro atoms. The molecule has 1 heterocycles. The first-order valence-corrected chi connectivity index (χ1v) is 7.41. The summed E-state index contributed by atoms with van der Waals surface area (Å²) in [5.41, 5.74) is 0.707. The van der Waals surface area contributed by atoms with Crippen molar-refractivity contribution in [2.24, 2.45) is 0 Å². The van der Waals surface area contributed by atoms with Gasteiger partial charge in [-0.05, 0) is 47.0 Å². The van der Waals surface area contributed by atoms with Crippen LogP contribution in [0.5, 0.6) is 0 Å². The predicted molar refractivity (Wildman–Crippen MR) is 75.3 cm³/mol. The SMILES string of the molecule is Fc1cc(-c2n[nH]c(C3CCCCC3)n2)ccc1Br. The van der Waals surface area contributed by atoms with Gasteiger partial charge < -0.3 is 0 Å². The largest absolute Gasteiger partial charge is 0.262 e. The molecule has 1 saturated carbocycles. The Morgan fingerprint density at radius 3 is 2.74 bits per heavy atom. The van der Waals surface area contributed by atoms with Crippen molar-refractivity contribution in [1.29, 1.82) is 0 Å². The summed E-state index contributed by atoms with van der Waals surface area (Å²) in [6.07, 6.45) is 6.17. The summed E-state index contributed by atoms with van der Waals surface area (Å²) < 4.78 is 14.0. The van der Waals surface area contributed by atoms with Crippen LogP contribution in [0.15, 0.2) is 22.7 Å². The van der Waals surface area contributed by atoms with Crippen molar-refractivity contribution in [3.63, 3.8) is 0 Å². The van der Waals surface area contributed by atoms with Gasteiger partial charge in [-0.25, -0.2) is 9.37 Å². The lowest BCUT2D eigenvalue weighted by Gasteiger charge is -2.18. The zero-order valence-corrected chi connectivity index (χ0v) is 12.1. The van der Waals surface area contributed by atoms with E-state index >= 15 is 0 Å². The molecule has 1 aromatic heterocycles. The molecular weight excluding hydrogens is 309 g/mol. The lowest BCUT2D eigenvalue weighted by Crippen LogP contribution is -2.06. The third-order valence-electron chi connectivity index (χ3n) is 3.67. The van der Waals surface area contributed by atoms with Crippen LogP contribution in [0.2, 0.25) is 0 Å². The summed E-state index contributed by atoms with van der Waals surface area (Å²) in [5, 5.41) is 7.23. The number of benzene rings is 1. The van der Waals surface area contributed by atoms with E-state index in [-0.39, 0.29) is 5.82 Å². The molecule has 19 heavy (non-hydrogen) atoms. The first kappa shape index (κ1) is 12.8. The van der Waals surface area contributed by atoms with E-state index in [1.807, 2.05) is 6.07 Å². The van der Waals surface area contributed by atoms with Crippen LogP contribution >= 0.6 is 15.9 Å². The Morgan fingerprint density at radius 1 is 1.21 bits per heavy atom. The summed E-state index contributed by atoms with van der Waals surface area (Å²) >= 11 is 3.15. The highest BCUT2D eigenvalue weighted by Gasteiger charge is 2.19. The highest BCUT2D eigenvalue weighted by Crippen LogP contribution is 2.31. The number of aromatic amines is 1. The van der Waals surface area contributed by atoms with Crippen molar-refractivity contribution in [1.82, 2.24) is 15.2 Å². The number of rotatable bonds is 2. The molecule has 0 bridgehead atoms. The second kappa shape index (κ2) is 5.41. The summed E-state index contributed by atoms with van der Waals surface area (Å²) in [7, 11) is 0. The van der Waals surface area contributed by atoms with E-state index in [2.05, 4.69) is 31.1 Å². The fourth-order valence-electron chi connectivity index (χ4n) is 2.60. The van der Waals surface area contributed by atoms with Crippen molar-refractivity contribution in [3.05, 3.63) is 34.3 Å². The van der Waals surface area contributed by atoms with E-state index in [1.54, 1.807) is 6.07 Å². The van der Waals surface area contributed by atoms with Crippen LogP contribution in [0.1, 0.15) is 43.8 Å². The minimum Gasteiger partial charge on any atom is -0.262 e. The third-order valence-corrected chi connectivity index (χ3v) is 4.32. The molecule has 0 saturated heterocycles. The van der Waals surface area contributed by atoms with Crippen molar-refractivity contribution < 1.29 is 4.39 Å². The third kappa shape index (κ3) is 2.71. The first-order chi connectivity index (χ1) is 9.24. The Morgan fingerprint density at radius 2 is 2.00 bits per heavy atom. The van der Waals surface area contributed by atoms with Crippen molar-refractivity contribution >= 4 is 15.9 Å². The van der Waals surface area contributed by atoms with Crippen LogP contribution in [0, 0.1) is 5.82 Å². The Balaban J connectivity index is 1.85. The molecule has 0 atom stereocenters. The van der Waals surface area contributed by atoms with Gasteiger partial charge in [0.1, 0.15) is 11.6 Å². The molecule has 5 heteroatoms. The van der Waals surface area contributed by atoms with Crippen LogP contribution in [0.4, 0.5) is 4.39 Å². The zero-order chi connectivity index (χ0) is 13.2. The Bertz CT molecular complexity index is 576. The van der Waals surface area contributed by atoms with Gasteiger partial charge in [0, 0.05) is 11.5 Å². The van der Waals surface area contributed by atoms with Crippen LogP contribution < -0.4 is 0 Å². The fraction of sp³-hybridized carbons (Fsp3) is 0.429. The van der Waals surface area contributed by atoms with Crippen LogP contribution in [-0.4, -0.2) is 15.2 Å². The van der Waals surface area contributed by atoms with E-state index in [4.69, 9.17) is 0 Å². The molecule has 100 valence electrons. The standard InChI is InChI=1S/C14H15BrFN3/c15-11-7-6-10(8-12(11)16)14-17-13(18-19-14)9-4-2-1-3-5-9/h6-9H,1-5H2,(H,17,18,19). The summed E-state index contributed by atoms with van der Waals surface area (Å²) in [4.78, 5) is 4.53. The monoisotopic (exact) mass is 323 g/mol. The smallest absolute Gasteiger partial charge is 0.181 e. The molecular formula is C14H15BrFN3. The normalized spacial score (nSPS) is 16.7. The van der Waals surface area contributed by atoms with Gasteiger partial charge in [0.15, 0.2) is 5.82 Å². The maximum atomic E-state index is 13.5. The van der Waals surface area contributed by atoms with Gasteiger partial charge in [-0.2, -0.15) is 5.10 Å². The quantitative estimate of drug-likeness (QED) is 0.888. The molecule has 0 amide bonds. The van der Waals surface area contributed by atoms with Gasteiger partial charge in [0.25, 0.3) is 0 Å².